The molecule has 76 valence electrons. The minimum absolute atomic E-state index is 0.178. The monoisotopic (exact) mass is 275 g/mol. The summed E-state index contributed by atoms with van der Waals surface area (Å²) in [4.78, 5) is 0.303. The summed E-state index contributed by atoms with van der Waals surface area (Å²) < 4.78 is 11.0. The SMILES string of the molecule is COCOc1ccc(Br)cc1C(N)=S. The summed E-state index contributed by atoms with van der Waals surface area (Å²) in [6.45, 7) is 0.178. The Balaban J connectivity index is 2.96. The lowest BCUT2D eigenvalue weighted by molar-refractivity contribution is 0.0510. The maximum Gasteiger partial charge on any atom is 0.188 e. The Morgan fingerprint density at radius 2 is 2.29 bits per heavy atom. The van der Waals surface area contributed by atoms with Crippen LogP contribution in [0.2, 0.25) is 0 Å². The van der Waals surface area contributed by atoms with E-state index in [9.17, 15) is 0 Å². The van der Waals surface area contributed by atoms with Crippen molar-refractivity contribution in [1.29, 1.82) is 0 Å². The largest absolute Gasteiger partial charge is 0.467 e. The lowest BCUT2D eigenvalue weighted by Gasteiger charge is -2.09. The van der Waals surface area contributed by atoms with Gasteiger partial charge >= 0.3 is 0 Å². The second kappa shape index (κ2) is 5.29. The number of hydrogen-bond donors (Lipinski definition) is 1. The Hall–Kier alpha value is -0.650. The van der Waals surface area contributed by atoms with Crippen LogP contribution in [-0.4, -0.2) is 18.9 Å². The Bertz CT molecular complexity index is 344. The molecule has 2 N–H and O–H groups in total. The summed E-state index contributed by atoms with van der Waals surface area (Å²) in [5.41, 5.74) is 6.25. The zero-order valence-corrected chi connectivity index (χ0v) is 10.0. The Morgan fingerprint density at radius 1 is 1.57 bits per heavy atom. The Kier molecular flexibility index (Phi) is 4.31. The average molecular weight is 276 g/mol. The lowest BCUT2D eigenvalue weighted by atomic mass is 10.2. The van der Waals surface area contributed by atoms with Gasteiger partial charge in [-0.3, -0.25) is 0 Å². The highest BCUT2D eigenvalue weighted by molar-refractivity contribution is 9.10. The van der Waals surface area contributed by atoms with Crippen molar-refractivity contribution in [3.63, 3.8) is 0 Å². The van der Waals surface area contributed by atoms with Crippen LogP contribution in [0.3, 0.4) is 0 Å². The predicted molar refractivity (Wildman–Crippen MR) is 62.5 cm³/mol. The average Bonchev–Trinajstić information content (AvgIpc) is 2.15. The summed E-state index contributed by atoms with van der Waals surface area (Å²) in [5.74, 6) is 0.627. The molecule has 0 fully saturated rings. The van der Waals surface area contributed by atoms with E-state index in [0.717, 1.165) is 4.47 Å². The molecule has 0 saturated heterocycles. The van der Waals surface area contributed by atoms with Crippen molar-refractivity contribution >= 4 is 33.1 Å². The minimum Gasteiger partial charge on any atom is -0.467 e. The van der Waals surface area contributed by atoms with Gasteiger partial charge in [-0.25, -0.2) is 0 Å². The number of rotatable bonds is 4. The van der Waals surface area contributed by atoms with E-state index in [-0.39, 0.29) is 6.79 Å². The van der Waals surface area contributed by atoms with Gasteiger partial charge in [0, 0.05) is 11.6 Å². The maximum atomic E-state index is 5.54. The number of halogens is 1. The summed E-state index contributed by atoms with van der Waals surface area (Å²) >= 11 is 8.23. The van der Waals surface area contributed by atoms with Gasteiger partial charge in [0.25, 0.3) is 0 Å². The molecule has 0 amide bonds. The van der Waals surface area contributed by atoms with Crippen molar-refractivity contribution in [2.45, 2.75) is 0 Å². The van der Waals surface area contributed by atoms with Gasteiger partial charge in [0.05, 0.1) is 5.56 Å². The van der Waals surface area contributed by atoms with Crippen LogP contribution in [0, 0.1) is 0 Å². The van der Waals surface area contributed by atoms with Crippen molar-refractivity contribution in [1.82, 2.24) is 0 Å². The standard InChI is InChI=1S/C9H10BrNO2S/c1-12-5-13-8-3-2-6(10)4-7(8)9(11)14/h2-4H,5H2,1H3,(H2,11,14). The lowest BCUT2D eigenvalue weighted by Crippen LogP contribution is -2.12. The van der Waals surface area contributed by atoms with Gasteiger partial charge in [0.15, 0.2) is 6.79 Å². The normalized spacial score (nSPS) is 9.86. The van der Waals surface area contributed by atoms with E-state index >= 15 is 0 Å². The summed E-state index contributed by atoms with van der Waals surface area (Å²) in [7, 11) is 1.55. The molecular formula is C9H10BrNO2S. The van der Waals surface area contributed by atoms with Crippen LogP contribution >= 0.6 is 28.1 Å². The van der Waals surface area contributed by atoms with Crippen molar-refractivity contribution in [2.75, 3.05) is 13.9 Å². The van der Waals surface area contributed by atoms with Crippen LogP contribution in [0.15, 0.2) is 22.7 Å². The highest BCUT2D eigenvalue weighted by Gasteiger charge is 2.06. The highest BCUT2D eigenvalue weighted by atomic mass is 79.9. The Labute approximate surface area is 96.3 Å². The van der Waals surface area contributed by atoms with E-state index in [1.807, 2.05) is 12.1 Å². The van der Waals surface area contributed by atoms with Crippen molar-refractivity contribution in [2.24, 2.45) is 5.73 Å². The van der Waals surface area contributed by atoms with E-state index in [1.165, 1.54) is 0 Å². The molecule has 0 aliphatic carbocycles. The summed E-state index contributed by atoms with van der Waals surface area (Å²) in [6, 6.07) is 5.46. The van der Waals surface area contributed by atoms with Gasteiger partial charge in [-0.15, -0.1) is 0 Å². The third-order valence-electron chi connectivity index (χ3n) is 1.54. The van der Waals surface area contributed by atoms with Crippen LogP contribution in [-0.2, 0) is 4.74 Å². The quantitative estimate of drug-likeness (QED) is 0.675. The van der Waals surface area contributed by atoms with Gasteiger partial charge in [-0.05, 0) is 18.2 Å². The van der Waals surface area contributed by atoms with Gasteiger partial charge in [0.2, 0.25) is 0 Å². The third kappa shape index (κ3) is 2.94. The minimum atomic E-state index is 0.178. The highest BCUT2D eigenvalue weighted by Crippen LogP contribution is 2.23. The van der Waals surface area contributed by atoms with Gasteiger partial charge in [-0.2, -0.15) is 0 Å². The molecule has 0 aromatic heterocycles. The van der Waals surface area contributed by atoms with Gasteiger partial charge in [-0.1, -0.05) is 28.1 Å². The molecule has 1 aromatic rings. The fourth-order valence-electron chi connectivity index (χ4n) is 0.943. The van der Waals surface area contributed by atoms with E-state index in [1.54, 1.807) is 13.2 Å². The zero-order chi connectivity index (χ0) is 10.6. The second-order valence-corrected chi connectivity index (χ2v) is 3.91. The molecule has 5 heteroatoms. The van der Waals surface area contributed by atoms with Crippen molar-refractivity contribution in [3.8, 4) is 5.75 Å². The molecule has 14 heavy (non-hydrogen) atoms. The van der Waals surface area contributed by atoms with Crippen molar-refractivity contribution < 1.29 is 9.47 Å². The first-order chi connectivity index (χ1) is 6.65. The number of hydrogen-bond acceptors (Lipinski definition) is 3. The van der Waals surface area contributed by atoms with E-state index in [4.69, 9.17) is 27.4 Å². The molecule has 1 rings (SSSR count). The Morgan fingerprint density at radius 3 is 2.86 bits per heavy atom. The summed E-state index contributed by atoms with van der Waals surface area (Å²) in [5, 5.41) is 0. The fourth-order valence-corrected chi connectivity index (χ4v) is 1.46. The molecule has 0 heterocycles. The first-order valence-corrected chi connectivity index (χ1v) is 5.06. The van der Waals surface area contributed by atoms with Gasteiger partial charge < -0.3 is 15.2 Å². The molecule has 0 aliphatic rings. The zero-order valence-electron chi connectivity index (χ0n) is 7.62. The molecule has 1 aromatic carbocycles. The first kappa shape index (κ1) is 11.4. The molecule has 0 atom stereocenters. The van der Waals surface area contributed by atoms with Crippen LogP contribution in [0.1, 0.15) is 5.56 Å². The molecule has 0 unspecified atom stereocenters. The first-order valence-electron chi connectivity index (χ1n) is 3.86. The molecule has 0 radical (unpaired) electrons. The van der Waals surface area contributed by atoms with Crippen LogP contribution < -0.4 is 10.5 Å². The summed E-state index contributed by atoms with van der Waals surface area (Å²) in [6.07, 6.45) is 0. The third-order valence-corrected chi connectivity index (χ3v) is 2.25. The molecule has 3 nitrogen and oxygen atoms in total. The molecule has 0 spiro atoms. The molecule has 0 aliphatic heterocycles. The topological polar surface area (TPSA) is 44.5 Å². The number of nitrogens with two attached hydrogens (primary N) is 1. The maximum absolute atomic E-state index is 5.54. The number of ether oxygens (including phenoxy) is 2. The molecular weight excluding hydrogens is 266 g/mol. The van der Waals surface area contributed by atoms with Crippen LogP contribution in [0.5, 0.6) is 5.75 Å². The number of thiocarbonyl (C=S) groups is 1. The van der Waals surface area contributed by atoms with E-state index < -0.39 is 0 Å². The van der Waals surface area contributed by atoms with E-state index in [0.29, 0.717) is 16.3 Å². The number of benzene rings is 1. The van der Waals surface area contributed by atoms with E-state index in [2.05, 4.69) is 15.9 Å². The van der Waals surface area contributed by atoms with Crippen molar-refractivity contribution in [3.05, 3.63) is 28.2 Å². The van der Waals surface area contributed by atoms with Crippen LogP contribution in [0.4, 0.5) is 0 Å². The van der Waals surface area contributed by atoms with Gasteiger partial charge in [0.1, 0.15) is 10.7 Å². The smallest absolute Gasteiger partial charge is 0.188 e. The second-order valence-electron chi connectivity index (χ2n) is 2.56. The fraction of sp³-hybridized carbons (Fsp3) is 0.222. The number of methoxy groups -OCH3 is 1. The molecule has 0 bridgehead atoms. The molecule has 0 saturated carbocycles. The van der Waals surface area contributed by atoms with Crippen LogP contribution in [0.25, 0.3) is 0 Å². The predicted octanol–water partition coefficient (Wildman–Crippen LogP) is 2.07.